The van der Waals surface area contributed by atoms with Gasteiger partial charge in [0.25, 0.3) is 0 Å². The summed E-state index contributed by atoms with van der Waals surface area (Å²) in [6, 6.07) is 72.9. The van der Waals surface area contributed by atoms with Crippen molar-refractivity contribution in [2.24, 2.45) is 0 Å². The summed E-state index contributed by atoms with van der Waals surface area (Å²) in [7, 11) is 0. The van der Waals surface area contributed by atoms with Crippen molar-refractivity contribution in [3.8, 4) is 27.9 Å². The number of hydrogen-bond acceptors (Lipinski definition) is 1. The van der Waals surface area contributed by atoms with Gasteiger partial charge in [-0.2, -0.15) is 0 Å². The quantitative estimate of drug-likeness (QED) is 0.169. The Morgan fingerprint density at radius 1 is 0.333 bits per heavy atom. The molecule has 9 aromatic rings. The molecule has 0 saturated heterocycles. The van der Waals surface area contributed by atoms with E-state index in [-0.39, 0.29) is 6.71 Å². The molecule has 2 nitrogen and oxygen atoms in total. The zero-order valence-electron chi connectivity index (χ0n) is 28.0. The zero-order valence-corrected chi connectivity index (χ0v) is 28.0. The SMILES string of the molecule is c1ccc(-c2cccc(-c3ccccc3)c2B2c3ccccc3N(c3ccc(-n4c5ccccc5c5ccccc54)cc3)c3ccccc32)cc1. The Hall–Kier alpha value is -6.58. The van der Waals surface area contributed by atoms with Crippen LogP contribution in [0, 0.1) is 0 Å². The molecule has 1 aromatic heterocycles. The van der Waals surface area contributed by atoms with Crippen molar-refractivity contribution in [2.75, 3.05) is 4.90 Å². The lowest BCUT2D eigenvalue weighted by atomic mass is 9.33. The van der Waals surface area contributed by atoms with Crippen LogP contribution in [0.2, 0.25) is 0 Å². The Kier molecular flexibility index (Phi) is 6.95. The molecule has 238 valence electrons. The molecule has 1 aliphatic heterocycles. The van der Waals surface area contributed by atoms with Gasteiger partial charge in [0, 0.05) is 33.5 Å². The van der Waals surface area contributed by atoms with E-state index in [0.717, 1.165) is 11.4 Å². The van der Waals surface area contributed by atoms with E-state index in [9.17, 15) is 0 Å². The maximum atomic E-state index is 2.45. The van der Waals surface area contributed by atoms with Crippen molar-refractivity contribution >= 4 is 62.0 Å². The summed E-state index contributed by atoms with van der Waals surface area (Å²) in [6.07, 6.45) is 0. The van der Waals surface area contributed by atoms with Gasteiger partial charge in [0.15, 0.2) is 0 Å². The van der Waals surface area contributed by atoms with Crippen LogP contribution in [0.1, 0.15) is 0 Å². The molecule has 3 heteroatoms. The minimum Gasteiger partial charge on any atom is -0.312 e. The van der Waals surface area contributed by atoms with Gasteiger partial charge in [0.1, 0.15) is 0 Å². The highest BCUT2D eigenvalue weighted by Gasteiger charge is 2.37. The van der Waals surface area contributed by atoms with Crippen LogP contribution in [-0.4, -0.2) is 11.3 Å². The number of benzene rings is 8. The maximum Gasteiger partial charge on any atom is 0.248 e. The van der Waals surface area contributed by atoms with Gasteiger partial charge in [-0.1, -0.05) is 157 Å². The van der Waals surface area contributed by atoms with Crippen LogP contribution in [0.5, 0.6) is 0 Å². The first-order valence-corrected chi connectivity index (χ1v) is 17.7. The van der Waals surface area contributed by atoms with Crippen molar-refractivity contribution in [2.45, 2.75) is 0 Å². The van der Waals surface area contributed by atoms with Crippen LogP contribution in [-0.2, 0) is 0 Å². The Morgan fingerprint density at radius 3 is 1.29 bits per heavy atom. The van der Waals surface area contributed by atoms with Crippen LogP contribution in [0.3, 0.4) is 0 Å². The third kappa shape index (κ3) is 4.74. The molecule has 2 heterocycles. The van der Waals surface area contributed by atoms with E-state index in [1.807, 2.05) is 0 Å². The monoisotopic (exact) mass is 648 g/mol. The molecule has 51 heavy (non-hydrogen) atoms. The molecule has 0 N–H and O–H groups in total. The fraction of sp³-hybridized carbons (Fsp3) is 0. The molecule has 0 bridgehead atoms. The summed E-state index contributed by atoms with van der Waals surface area (Å²) in [5.41, 5.74) is 16.0. The fourth-order valence-electron chi connectivity index (χ4n) is 8.32. The first-order chi connectivity index (χ1) is 25.3. The molecule has 0 atom stereocenters. The molecule has 0 saturated carbocycles. The summed E-state index contributed by atoms with van der Waals surface area (Å²) >= 11 is 0. The van der Waals surface area contributed by atoms with Gasteiger partial charge in [-0.3, -0.25) is 0 Å². The minimum atomic E-state index is 0.0251. The molecule has 1 aliphatic rings. The molecule has 0 fully saturated rings. The van der Waals surface area contributed by atoms with Gasteiger partial charge in [-0.05, 0) is 81.7 Å². The van der Waals surface area contributed by atoms with Crippen molar-refractivity contribution in [1.82, 2.24) is 4.57 Å². The average molecular weight is 649 g/mol. The van der Waals surface area contributed by atoms with Gasteiger partial charge < -0.3 is 9.47 Å². The lowest BCUT2D eigenvalue weighted by Crippen LogP contribution is -2.58. The topological polar surface area (TPSA) is 8.17 Å². The van der Waals surface area contributed by atoms with E-state index < -0.39 is 0 Å². The molecule has 0 aliphatic carbocycles. The number of rotatable bonds is 5. The third-order valence-corrected chi connectivity index (χ3v) is 10.5. The predicted molar refractivity (Wildman–Crippen MR) is 217 cm³/mol. The first-order valence-electron chi connectivity index (χ1n) is 17.7. The molecule has 0 amide bonds. The molecule has 8 aromatic carbocycles. The first kappa shape index (κ1) is 29.4. The van der Waals surface area contributed by atoms with Crippen molar-refractivity contribution in [3.05, 3.63) is 200 Å². The van der Waals surface area contributed by atoms with Crippen molar-refractivity contribution in [1.29, 1.82) is 0 Å². The largest absolute Gasteiger partial charge is 0.312 e. The van der Waals surface area contributed by atoms with Crippen molar-refractivity contribution < 1.29 is 0 Å². The number of fused-ring (bicyclic) bond motifs is 5. The van der Waals surface area contributed by atoms with Gasteiger partial charge in [0.2, 0.25) is 6.71 Å². The summed E-state index contributed by atoms with van der Waals surface area (Å²) in [4.78, 5) is 2.45. The number of nitrogens with zero attached hydrogens (tertiary/aromatic N) is 2. The molecule has 10 rings (SSSR count). The Balaban J connectivity index is 1.16. The zero-order chi connectivity index (χ0) is 33.7. The number of aromatic nitrogens is 1. The lowest BCUT2D eigenvalue weighted by molar-refractivity contribution is 1.17. The number of para-hydroxylation sites is 4. The Labute approximate surface area is 298 Å². The van der Waals surface area contributed by atoms with E-state index >= 15 is 0 Å². The van der Waals surface area contributed by atoms with E-state index in [1.165, 1.54) is 71.8 Å². The highest BCUT2D eigenvalue weighted by Crippen LogP contribution is 2.39. The van der Waals surface area contributed by atoms with Crippen LogP contribution >= 0.6 is 0 Å². The Bertz CT molecular complexity index is 2540. The van der Waals surface area contributed by atoms with E-state index in [4.69, 9.17) is 0 Å². The second kappa shape index (κ2) is 12.1. The second-order valence-corrected chi connectivity index (χ2v) is 13.3. The van der Waals surface area contributed by atoms with Gasteiger partial charge in [0.05, 0.1) is 11.0 Å². The highest BCUT2D eigenvalue weighted by atomic mass is 15.1. The van der Waals surface area contributed by atoms with E-state index in [1.54, 1.807) is 0 Å². The minimum absolute atomic E-state index is 0.0251. The van der Waals surface area contributed by atoms with Gasteiger partial charge in [-0.15, -0.1) is 0 Å². The van der Waals surface area contributed by atoms with E-state index in [0.29, 0.717) is 0 Å². The number of hydrogen-bond donors (Lipinski definition) is 0. The second-order valence-electron chi connectivity index (χ2n) is 13.3. The molecule has 0 radical (unpaired) electrons. The molecule has 0 unspecified atom stereocenters. The fourth-order valence-corrected chi connectivity index (χ4v) is 8.32. The lowest BCUT2D eigenvalue weighted by Gasteiger charge is -2.38. The highest BCUT2D eigenvalue weighted by molar-refractivity contribution is 6.99. The van der Waals surface area contributed by atoms with Gasteiger partial charge >= 0.3 is 0 Å². The van der Waals surface area contributed by atoms with Crippen molar-refractivity contribution in [3.63, 3.8) is 0 Å². The smallest absolute Gasteiger partial charge is 0.248 e. The maximum absolute atomic E-state index is 2.45. The van der Waals surface area contributed by atoms with E-state index in [2.05, 4.69) is 210 Å². The molecule has 0 spiro atoms. The predicted octanol–water partition coefficient (Wildman–Crippen LogP) is 10.4. The normalized spacial score (nSPS) is 12.2. The van der Waals surface area contributed by atoms with Crippen LogP contribution in [0.25, 0.3) is 49.7 Å². The summed E-state index contributed by atoms with van der Waals surface area (Å²) < 4.78 is 2.38. The Morgan fingerprint density at radius 2 is 0.765 bits per heavy atom. The summed E-state index contributed by atoms with van der Waals surface area (Å²) in [5, 5.41) is 2.54. The summed E-state index contributed by atoms with van der Waals surface area (Å²) in [6.45, 7) is 0.0251. The standard InChI is InChI=1S/C48H33BN2/c1-3-16-34(17-4-1)38-22-15-23-39(35-18-5-2-6-19-35)48(38)49-42-24-9-13-28-46(42)51(47-29-14-10-25-43(47)49)37-32-30-36(31-33-37)50-44-26-11-7-20-40(44)41-21-8-12-27-45(41)50/h1-33H. The van der Waals surface area contributed by atoms with Crippen LogP contribution in [0.4, 0.5) is 17.1 Å². The van der Waals surface area contributed by atoms with Crippen LogP contribution in [0.15, 0.2) is 200 Å². The van der Waals surface area contributed by atoms with Crippen LogP contribution < -0.4 is 21.3 Å². The third-order valence-electron chi connectivity index (χ3n) is 10.5. The van der Waals surface area contributed by atoms with Gasteiger partial charge in [-0.25, -0.2) is 0 Å². The molecular weight excluding hydrogens is 615 g/mol. The summed E-state index contributed by atoms with van der Waals surface area (Å²) in [5.74, 6) is 0. The average Bonchev–Trinajstić information content (AvgIpc) is 3.55. The number of anilines is 3. The molecular formula is C48H33BN2.